The lowest BCUT2D eigenvalue weighted by molar-refractivity contribution is -0.134. The molecule has 3 rings (SSSR count). The van der Waals surface area contributed by atoms with Gasteiger partial charge in [-0.3, -0.25) is 9.78 Å². The third-order valence-electron chi connectivity index (χ3n) is 4.74. The Morgan fingerprint density at radius 2 is 2.21 bits per heavy atom. The third kappa shape index (κ3) is 3.82. The van der Waals surface area contributed by atoms with Crippen molar-refractivity contribution in [2.75, 3.05) is 19.6 Å². The number of piperazine rings is 1. The van der Waals surface area contributed by atoms with Crippen LogP contribution in [-0.4, -0.2) is 35.4 Å². The van der Waals surface area contributed by atoms with Crippen molar-refractivity contribution in [1.29, 1.82) is 0 Å². The zero-order chi connectivity index (χ0) is 16.9. The molecule has 24 heavy (non-hydrogen) atoms. The first-order valence-electron chi connectivity index (χ1n) is 8.61. The van der Waals surface area contributed by atoms with E-state index in [2.05, 4.69) is 48.4 Å². The summed E-state index contributed by atoms with van der Waals surface area (Å²) in [4.78, 5) is 19.0. The number of amides is 1. The van der Waals surface area contributed by atoms with Crippen LogP contribution in [0.3, 0.4) is 0 Å². The molecular formula is C20H25N3O. The number of aromatic nitrogens is 1. The highest BCUT2D eigenvalue weighted by molar-refractivity contribution is 5.77. The number of pyridine rings is 1. The van der Waals surface area contributed by atoms with Crippen molar-refractivity contribution in [2.45, 2.75) is 32.7 Å². The number of nitrogens with one attached hydrogen (secondary N) is 1. The molecule has 0 spiro atoms. The Hall–Kier alpha value is -2.20. The Morgan fingerprint density at radius 1 is 1.33 bits per heavy atom. The lowest BCUT2D eigenvalue weighted by Gasteiger charge is -2.36. The summed E-state index contributed by atoms with van der Waals surface area (Å²) in [6.07, 6.45) is 4.99. The Morgan fingerprint density at radius 3 is 2.96 bits per heavy atom. The summed E-state index contributed by atoms with van der Waals surface area (Å²) in [5.41, 5.74) is 4.90. The van der Waals surface area contributed by atoms with Crippen LogP contribution in [0.5, 0.6) is 0 Å². The summed E-state index contributed by atoms with van der Waals surface area (Å²) < 4.78 is 0. The topological polar surface area (TPSA) is 45.2 Å². The van der Waals surface area contributed by atoms with Crippen molar-refractivity contribution in [2.24, 2.45) is 0 Å². The van der Waals surface area contributed by atoms with E-state index in [1.165, 1.54) is 16.7 Å². The van der Waals surface area contributed by atoms with Crippen molar-refractivity contribution >= 4 is 5.91 Å². The van der Waals surface area contributed by atoms with Crippen LogP contribution in [0.15, 0.2) is 42.7 Å². The molecule has 1 unspecified atom stereocenters. The predicted octanol–water partition coefficient (Wildman–Crippen LogP) is 2.80. The van der Waals surface area contributed by atoms with Crippen LogP contribution in [0.25, 0.3) is 0 Å². The first-order chi connectivity index (χ1) is 11.6. The molecule has 1 aromatic heterocycles. The fourth-order valence-corrected chi connectivity index (χ4v) is 3.39. The van der Waals surface area contributed by atoms with Crippen molar-refractivity contribution in [1.82, 2.24) is 15.2 Å². The van der Waals surface area contributed by atoms with E-state index in [9.17, 15) is 4.79 Å². The molecule has 0 bridgehead atoms. The standard InChI is InChI=1S/C20H25N3O/c1-15-5-6-17(16(2)12-15)7-8-20(24)23-11-10-22-14-19(23)18-4-3-9-21-13-18/h3-6,9,12-13,19,22H,7-8,10-11,14H2,1-2H3. The molecule has 4 heteroatoms. The Kier molecular flexibility index (Phi) is 5.26. The minimum atomic E-state index is 0.0825. The van der Waals surface area contributed by atoms with Crippen LogP contribution < -0.4 is 5.32 Å². The van der Waals surface area contributed by atoms with E-state index in [0.717, 1.165) is 31.6 Å². The predicted molar refractivity (Wildman–Crippen MR) is 95.8 cm³/mol. The molecule has 1 aliphatic rings. The van der Waals surface area contributed by atoms with Gasteiger partial charge in [0.25, 0.3) is 0 Å². The SMILES string of the molecule is Cc1ccc(CCC(=O)N2CCNCC2c2cccnc2)c(C)c1. The Balaban J connectivity index is 1.68. The van der Waals surface area contributed by atoms with Gasteiger partial charge in [0.05, 0.1) is 6.04 Å². The quantitative estimate of drug-likeness (QED) is 0.941. The molecule has 0 saturated carbocycles. The maximum atomic E-state index is 12.8. The average Bonchev–Trinajstić information content (AvgIpc) is 2.61. The van der Waals surface area contributed by atoms with E-state index in [1.54, 1.807) is 6.20 Å². The fraction of sp³-hybridized carbons (Fsp3) is 0.400. The fourth-order valence-electron chi connectivity index (χ4n) is 3.39. The molecule has 2 aromatic rings. The molecule has 1 fully saturated rings. The second kappa shape index (κ2) is 7.58. The molecule has 1 saturated heterocycles. The molecule has 0 aliphatic carbocycles. The number of nitrogens with zero attached hydrogens (tertiary/aromatic N) is 2. The summed E-state index contributed by atoms with van der Waals surface area (Å²) in [7, 11) is 0. The molecule has 4 nitrogen and oxygen atoms in total. The zero-order valence-corrected chi connectivity index (χ0v) is 14.5. The van der Waals surface area contributed by atoms with Crippen molar-refractivity contribution in [3.05, 3.63) is 65.0 Å². The van der Waals surface area contributed by atoms with E-state index in [-0.39, 0.29) is 11.9 Å². The minimum Gasteiger partial charge on any atom is -0.333 e. The maximum absolute atomic E-state index is 12.8. The summed E-state index contributed by atoms with van der Waals surface area (Å²) in [6.45, 7) is 6.62. The van der Waals surface area contributed by atoms with Crippen molar-refractivity contribution < 1.29 is 4.79 Å². The molecule has 2 heterocycles. The van der Waals surface area contributed by atoms with Crippen LogP contribution in [0.4, 0.5) is 0 Å². The number of hydrogen-bond acceptors (Lipinski definition) is 3. The second-order valence-electron chi connectivity index (χ2n) is 6.52. The number of aryl methyl sites for hydroxylation is 3. The van der Waals surface area contributed by atoms with Crippen LogP contribution in [0.1, 0.15) is 34.7 Å². The first-order valence-corrected chi connectivity index (χ1v) is 8.61. The van der Waals surface area contributed by atoms with Gasteiger partial charge >= 0.3 is 0 Å². The Labute approximate surface area is 143 Å². The summed E-state index contributed by atoms with van der Waals surface area (Å²) >= 11 is 0. The minimum absolute atomic E-state index is 0.0825. The van der Waals surface area contributed by atoms with E-state index in [0.29, 0.717) is 6.42 Å². The van der Waals surface area contributed by atoms with E-state index < -0.39 is 0 Å². The maximum Gasteiger partial charge on any atom is 0.223 e. The highest BCUT2D eigenvalue weighted by Gasteiger charge is 2.27. The lowest BCUT2D eigenvalue weighted by Crippen LogP contribution is -2.48. The van der Waals surface area contributed by atoms with Gasteiger partial charge in [0.15, 0.2) is 0 Å². The molecule has 1 atom stereocenters. The average molecular weight is 323 g/mol. The molecule has 1 amide bonds. The molecule has 1 aliphatic heterocycles. The number of rotatable bonds is 4. The highest BCUT2D eigenvalue weighted by Crippen LogP contribution is 2.23. The number of benzene rings is 1. The van der Waals surface area contributed by atoms with Crippen LogP contribution in [-0.2, 0) is 11.2 Å². The van der Waals surface area contributed by atoms with Crippen LogP contribution in [0.2, 0.25) is 0 Å². The molecule has 1 N–H and O–H groups in total. The van der Waals surface area contributed by atoms with Gasteiger partial charge in [0.2, 0.25) is 5.91 Å². The summed E-state index contributed by atoms with van der Waals surface area (Å²) in [5, 5.41) is 3.39. The molecule has 126 valence electrons. The van der Waals surface area contributed by atoms with Gasteiger partial charge in [-0.05, 0) is 43.0 Å². The third-order valence-corrected chi connectivity index (χ3v) is 4.74. The van der Waals surface area contributed by atoms with Crippen molar-refractivity contribution in [3.63, 3.8) is 0 Å². The lowest BCUT2D eigenvalue weighted by atomic mass is 10.00. The molecule has 1 aromatic carbocycles. The number of hydrogen-bond donors (Lipinski definition) is 1. The van der Waals surface area contributed by atoms with Gasteiger partial charge in [0.1, 0.15) is 0 Å². The summed E-state index contributed by atoms with van der Waals surface area (Å²) in [6, 6.07) is 10.5. The second-order valence-corrected chi connectivity index (χ2v) is 6.52. The number of carbonyl (C=O) groups excluding carboxylic acids is 1. The van der Waals surface area contributed by atoms with Gasteiger partial charge in [-0.1, -0.05) is 29.8 Å². The summed E-state index contributed by atoms with van der Waals surface area (Å²) in [5.74, 6) is 0.227. The molecule has 0 radical (unpaired) electrons. The van der Waals surface area contributed by atoms with Crippen LogP contribution in [0, 0.1) is 13.8 Å². The van der Waals surface area contributed by atoms with Crippen LogP contribution >= 0.6 is 0 Å². The molecular weight excluding hydrogens is 298 g/mol. The normalized spacial score (nSPS) is 17.8. The number of carbonyl (C=O) groups is 1. The van der Waals surface area contributed by atoms with Gasteiger partial charge < -0.3 is 10.2 Å². The Bertz CT molecular complexity index is 699. The van der Waals surface area contributed by atoms with Gasteiger partial charge in [-0.2, -0.15) is 0 Å². The van der Waals surface area contributed by atoms with Gasteiger partial charge in [-0.25, -0.2) is 0 Å². The van der Waals surface area contributed by atoms with E-state index in [1.807, 2.05) is 17.2 Å². The van der Waals surface area contributed by atoms with E-state index >= 15 is 0 Å². The largest absolute Gasteiger partial charge is 0.333 e. The van der Waals surface area contributed by atoms with Gasteiger partial charge in [0, 0.05) is 38.4 Å². The first kappa shape index (κ1) is 16.7. The van der Waals surface area contributed by atoms with E-state index in [4.69, 9.17) is 0 Å². The monoisotopic (exact) mass is 323 g/mol. The smallest absolute Gasteiger partial charge is 0.223 e. The van der Waals surface area contributed by atoms with Crippen molar-refractivity contribution in [3.8, 4) is 0 Å². The highest BCUT2D eigenvalue weighted by atomic mass is 16.2. The van der Waals surface area contributed by atoms with Gasteiger partial charge in [-0.15, -0.1) is 0 Å². The zero-order valence-electron chi connectivity index (χ0n) is 14.5.